The van der Waals surface area contributed by atoms with Gasteiger partial charge in [-0.2, -0.15) is 0 Å². The summed E-state index contributed by atoms with van der Waals surface area (Å²) in [4.78, 5) is 4.41. The average molecular weight is 502 g/mol. The second kappa shape index (κ2) is 9.39. The van der Waals surface area contributed by atoms with Crippen LogP contribution < -0.4 is 5.73 Å². The summed E-state index contributed by atoms with van der Waals surface area (Å²) in [7, 11) is 1.50. The lowest BCUT2D eigenvalue weighted by molar-refractivity contribution is 1.18. The van der Waals surface area contributed by atoms with Gasteiger partial charge in [-0.15, -0.1) is 0 Å². The van der Waals surface area contributed by atoms with E-state index in [1.165, 1.54) is 78.0 Å². The van der Waals surface area contributed by atoms with Crippen LogP contribution in [0.5, 0.6) is 0 Å². The molecule has 6 aromatic carbocycles. The zero-order chi connectivity index (χ0) is 26.3. The second-order valence-electron chi connectivity index (χ2n) is 9.65. The highest BCUT2D eigenvalue weighted by Gasteiger charge is 2.13. The van der Waals surface area contributed by atoms with Crippen LogP contribution in [0.2, 0.25) is 0 Å². The number of para-hydroxylation sites is 2. The Morgan fingerprint density at radius 1 is 0.462 bits per heavy atom. The van der Waals surface area contributed by atoms with Crippen molar-refractivity contribution >= 4 is 54.1 Å². The van der Waals surface area contributed by atoms with Crippen molar-refractivity contribution in [3.8, 4) is 16.8 Å². The molecule has 8 rings (SSSR count). The molecule has 0 radical (unpaired) electrons. The summed E-state index contributed by atoms with van der Waals surface area (Å²) in [6.45, 7) is 0. The molecular formula is C36H27N3. The Labute approximate surface area is 226 Å². The summed E-state index contributed by atoms with van der Waals surface area (Å²) in [6.07, 6.45) is 3.87. The van der Waals surface area contributed by atoms with E-state index in [1.54, 1.807) is 0 Å². The van der Waals surface area contributed by atoms with Gasteiger partial charge in [0.15, 0.2) is 0 Å². The minimum absolute atomic E-state index is 1.17. The first kappa shape index (κ1) is 23.2. The van der Waals surface area contributed by atoms with Crippen LogP contribution in [0.1, 0.15) is 0 Å². The number of nitrogens with zero attached hydrogens (tertiary/aromatic N) is 2. The standard InChI is InChI=1S/C35H22N2.CH5N/c1-2-11-27-26(10-1)32-21-24(16-17-28(32)29-18-19-36-22-33(27)29)23-8-7-9-25(20-23)37-34-14-5-3-12-30(34)31-13-4-6-15-35(31)37;1-2/h1-22H;2H2,1H3. The van der Waals surface area contributed by atoms with E-state index in [2.05, 4.69) is 137 Å². The fraction of sp³-hybridized carbons (Fsp3) is 0.0278. The molecule has 0 aliphatic rings. The fourth-order valence-electron chi connectivity index (χ4n) is 6.00. The molecule has 0 saturated heterocycles. The Kier molecular flexibility index (Phi) is 5.58. The van der Waals surface area contributed by atoms with Crippen molar-refractivity contribution in [3.63, 3.8) is 0 Å². The maximum atomic E-state index is 4.50. The van der Waals surface area contributed by atoms with Crippen LogP contribution in [-0.4, -0.2) is 16.6 Å². The van der Waals surface area contributed by atoms with E-state index in [1.807, 2.05) is 12.4 Å². The molecule has 2 heterocycles. The third-order valence-corrected chi connectivity index (χ3v) is 7.66. The molecule has 3 heteroatoms. The van der Waals surface area contributed by atoms with Gasteiger partial charge < -0.3 is 10.3 Å². The largest absolute Gasteiger partial charge is 0.333 e. The monoisotopic (exact) mass is 501 g/mol. The highest BCUT2D eigenvalue weighted by atomic mass is 15.0. The van der Waals surface area contributed by atoms with E-state index in [0.717, 1.165) is 0 Å². The van der Waals surface area contributed by atoms with Crippen molar-refractivity contribution in [2.24, 2.45) is 5.73 Å². The van der Waals surface area contributed by atoms with E-state index >= 15 is 0 Å². The van der Waals surface area contributed by atoms with Gasteiger partial charge in [-0.1, -0.05) is 84.9 Å². The normalized spacial score (nSPS) is 11.3. The quantitative estimate of drug-likeness (QED) is 0.240. The molecule has 0 aliphatic heterocycles. The molecule has 2 aromatic heterocycles. The molecule has 186 valence electrons. The lowest BCUT2D eigenvalue weighted by Gasteiger charge is -2.13. The second-order valence-corrected chi connectivity index (χ2v) is 9.65. The summed E-state index contributed by atoms with van der Waals surface area (Å²) in [5.41, 5.74) is 10.6. The van der Waals surface area contributed by atoms with Gasteiger partial charge in [-0.3, -0.25) is 4.98 Å². The van der Waals surface area contributed by atoms with Crippen molar-refractivity contribution in [1.29, 1.82) is 0 Å². The third-order valence-electron chi connectivity index (χ3n) is 7.66. The minimum Gasteiger partial charge on any atom is -0.333 e. The van der Waals surface area contributed by atoms with E-state index < -0.39 is 0 Å². The van der Waals surface area contributed by atoms with E-state index in [4.69, 9.17) is 0 Å². The van der Waals surface area contributed by atoms with Gasteiger partial charge in [0.2, 0.25) is 0 Å². The Morgan fingerprint density at radius 3 is 1.74 bits per heavy atom. The maximum absolute atomic E-state index is 4.50. The van der Waals surface area contributed by atoms with Crippen molar-refractivity contribution in [2.75, 3.05) is 7.05 Å². The molecule has 0 atom stereocenters. The lowest BCUT2D eigenvalue weighted by atomic mass is 9.93. The molecule has 3 nitrogen and oxygen atoms in total. The van der Waals surface area contributed by atoms with Crippen molar-refractivity contribution in [2.45, 2.75) is 0 Å². The molecule has 0 aliphatic carbocycles. The molecule has 0 fully saturated rings. The SMILES string of the molecule is CN.c1cc(-c2ccc3c4ccncc4c4ccccc4c3c2)cc(-n2c3ccccc3c3ccccc32)c1. The molecule has 2 N–H and O–H groups in total. The predicted octanol–water partition coefficient (Wildman–Crippen LogP) is 8.88. The first-order valence-corrected chi connectivity index (χ1v) is 13.2. The summed E-state index contributed by atoms with van der Waals surface area (Å²) in [6, 6.07) is 43.9. The predicted molar refractivity (Wildman–Crippen MR) is 167 cm³/mol. The summed E-state index contributed by atoms with van der Waals surface area (Å²) < 4.78 is 2.38. The van der Waals surface area contributed by atoms with Crippen LogP contribution in [0.3, 0.4) is 0 Å². The van der Waals surface area contributed by atoms with Crippen molar-refractivity contribution < 1.29 is 0 Å². The summed E-state index contributed by atoms with van der Waals surface area (Å²) >= 11 is 0. The molecule has 0 saturated carbocycles. The number of fused-ring (bicyclic) bond motifs is 9. The van der Waals surface area contributed by atoms with Crippen molar-refractivity contribution in [1.82, 2.24) is 9.55 Å². The van der Waals surface area contributed by atoms with E-state index in [0.29, 0.717) is 0 Å². The van der Waals surface area contributed by atoms with Crippen LogP contribution in [0.4, 0.5) is 0 Å². The molecule has 0 bridgehead atoms. The van der Waals surface area contributed by atoms with Gasteiger partial charge in [-0.05, 0) is 81.5 Å². The number of benzene rings is 6. The van der Waals surface area contributed by atoms with Crippen molar-refractivity contribution in [3.05, 3.63) is 134 Å². The summed E-state index contributed by atoms with van der Waals surface area (Å²) in [5.74, 6) is 0. The van der Waals surface area contributed by atoms with Gasteiger partial charge in [0, 0.05) is 34.2 Å². The number of pyridine rings is 1. The van der Waals surface area contributed by atoms with Gasteiger partial charge in [-0.25, -0.2) is 0 Å². The van der Waals surface area contributed by atoms with Crippen LogP contribution in [0.15, 0.2) is 134 Å². The zero-order valence-corrected chi connectivity index (χ0v) is 21.7. The molecule has 0 spiro atoms. The lowest BCUT2D eigenvalue weighted by Crippen LogP contribution is -1.94. The third kappa shape index (κ3) is 3.59. The first-order valence-electron chi connectivity index (χ1n) is 13.2. The summed E-state index contributed by atoms with van der Waals surface area (Å²) in [5, 5.41) is 10.0. The average Bonchev–Trinajstić information content (AvgIpc) is 3.36. The number of aromatic nitrogens is 2. The van der Waals surface area contributed by atoms with E-state index in [-0.39, 0.29) is 0 Å². The fourth-order valence-corrected chi connectivity index (χ4v) is 6.00. The van der Waals surface area contributed by atoms with Crippen LogP contribution >= 0.6 is 0 Å². The highest BCUT2D eigenvalue weighted by Crippen LogP contribution is 2.38. The Hall–Kier alpha value is -4.99. The van der Waals surface area contributed by atoms with Gasteiger partial charge in [0.1, 0.15) is 0 Å². The Morgan fingerprint density at radius 2 is 1.03 bits per heavy atom. The molecule has 0 unspecified atom stereocenters. The molecule has 39 heavy (non-hydrogen) atoms. The Balaban J connectivity index is 0.00000124. The highest BCUT2D eigenvalue weighted by molar-refractivity contribution is 6.25. The topological polar surface area (TPSA) is 43.8 Å². The van der Waals surface area contributed by atoms with Crippen LogP contribution in [0, 0.1) is 0 Å². The van der Waals surface area contributed by atoms with Gasteiger partial charge in [0.05, 0.1) is 11.0 Å². The number of nitrogens with two attached hydrogens (primary N) is 1. The molecular weight excluding hydrogens is 474 g/mol. The van der Waals surface area contributed by atoms with Crippen LogP contribution in [0.25, 0.3) is 70.9 Å². The Bertz CT molecular complexity index is 2070. The maximum Gasteiger partial charge on any atom is 0.0541 e. The van der Waals surface area contributed by atoms with Gasteiger partial charge >= 0.3 is 0 Å². The zero-order valence-electron chi connectivity index (χ0n) is 21.7. The number of hydrogen-bond acceptors (Lipinski definition) is 2. The van der Waals surface area contributed by atoms with Crippen LogP contribution in [-0.2, 0) is 0 Å². The minimum atomic E-state index is 1.17. The number of hydrogen-bond donors (Lipinski definition) is 1. The van der Waals surface area contributed by atoms with E-state index in [9.17, 15) is 0 Å². The smallest absolute Gasteiger partial charge is 0.0541 e. The first-order chi connectivity index (χ1) is 19.4. The number of rotatable bonds is 2. The molecule has 8 aromatic rings. The molecule has 0 amide bonds. The van der Waals surface area contributed by atoms with Gasteiger partial charge in [0.25, 0.3) is 0 Å².